The Balaban J connectivity index is 2.27. The third-order valence-electron chi connectivity index (χ3n) is 4.27. The third kappa shape index (κ3) is 5.47. The van der Waals surface area contributed by atoms with Gasteiger partial charge in [-0.3, -0.25) is 4.79 Å². The van der Waals surface area contributed by atoms with Gasteiger partial charge < -0.3 is 20.6 Å². The molecule has 0 saturated heterocycles. The second-order valence-corrected chi connectivity index (χ2v) is 5.75. The maximum atomic E-state index is 10.9. The first-order valence-corrected chi connectivity index (χ1v) is 7.27. The van der Waals surface area contributed by atoms with Gasteiger partial charge in [0.2, 0.25) is 0 Å². The van der Waals surface area contributed by atoms with E-state index < -0.39 is 11.6 Å². The minimum Gasteiger partial charge on any atom is -0.481 e. The fraction of sp³-hybridized carbons (Fsp3) is 0.929. The molecule has 0 aromatic heterocycles. The highest BCUT2D eigenvalue weighted by molar-refractivity contribution is 5.70. The van der Waals surface area contributed by atoms with Crippen molar-refractivity contribution in [3.63, 3.8) is 0 Å². The highest BCUT2D eigenvalue weighted by Crippen LogP contribution is 2.31. The lowest BCUT2D eigenvalue weighted by molar-refractivity contribution is -0.144. The predicted molar refractivity (Wildman–Crippen MR) is 72.9 cm³/mol. The van der Waals surface area contributed by atoms with E-state index in [0.717, 1.165) is 19.4 Å². The van der Waals surface area contributed by atoms with Crippen LogP contribution in [0.25, 0.3) is 0 Å². The molecule has 4 N–H and O–H groups in total. The number of aliphatic hydroxyl groups excluding tert-OH is 1. The van der Waals surface area contributed by atoms with Gasteiger partial charge in [-0.15, -0.1) is 0 Å². The molecule has 1 aliphatic carbocycles. The van der Waals surface area contributed by atoms with E-state index in [2.05, 4.69) is 12.2 Å². The topological polar surface area (TPSA) is 89.8 Å². The largest absolute Gasteiger partial charge is 0.481 e. The van der Waals surface area contributed by atoms with Gasteiger partial charge in [0.25, 0.3) is 0 Å². The van der Waals surface area contributed by atoms with Crippen molar-refractivity contribution in [3.8, 4) is 0 Å². The van der Waals surface area contributed by atoms with Gasteiger partial charge in [-0.05, 0) is 44.6 Å². The molecule has 0 amide bonds. The van der Waals surface area contributed by atoms with Crippen LogP contribution in [0.5, 0.6) is 0 Å². The monoisotopic (exact) mass is 273 g/mol. The Hall–Kier alpha value is -0.650. The van der Waals surface area contributed by atoms with E-state index in [4.69, 9.17) is 10.2 Å². The van der Waals surface area contributed by atoms with Crippen LogP contribution in [0.15, 0.2) is 0 Å². The van der Waals surface area contributed by atoms with Gasteiger partial charge in [-0.1, -0.05) is 13.3 Å². The highest BCUT2D eigenvalue weighted by atomic mass is 16.4. The molecule has 0 heterocycles. The van der Waals surface area contributed by atoms with E-state index in [-0.39, 0.29) is 12.5 Å². The van der Waals surface area contributed by atoms with Crippen LogP contribution in [0.1, 0.15) is 45.4 Å². The van der Waals surface area contributed by atoms with Gasteiger partial charge in [-0.2, -0.15) is 0 Å². The zero-order valence-corrected chi connectivity index (χ0v) is 11.8. The molecule has 112 valence electrons. The van der Waals surface area contributed by atoms with E-state index in [0.29, 0.717) is 38.1 Å². The van der Waals surface area contributed by atoms with Crippen LogP contribution in [0, 0.1) is 11.8 Å². The quantitative estimate of drug-likeness (QED) is 0.529. The van der Waals surface area contributed by atoms with Crippen molar-refractivity contribution in [3.05, 3.63) is 0 Å². The summed E-state index contributed by atoms with van der Waals surface area (Å²) >= 11 is 0. The Morgan fingerprint density at radius 2 is 2.05 bits per heavy atom. The van der Waals surface area contributed by atoms with Crippen LogP contribution in [0.2, 0.25) is 0 Å². The second-order valence-electron chi connectivity index (χ2n) is 5.75. The Labute approximate surface area is 115 Å². The van der Waals surface area contributed by atoms with Gasteiger partial charge in [0.1, 0.15) is 0 Å². The summed E-state index contributed by atoms with van der Waals surface area (Å²) in [4.78, 5) is 10.9. The summed E-state index contributed by atoms with van der Waals surface area (Å²) in [6.45, 7) is 3.60. The fourth-order valence-electron chi connectivity index (χ4n) is 2.72. The molecule has 0 bridgehead atoms. The number of carbonyl (C=O) groups is 1. The maximum absolute atomic E-state index is 10.9. The van der Waals surface area contributed by atoms with Gasteiger partial charge in [0, 0.05) is 13.2 Å². The zero-order valence-electron chi connectivity index (χ0n) is 11.8. The highest BCUT2D eigenvalue weighted by Gasteiger charge is 2.35. The molecular weight excluding hydrogens is 246 g/mol. The molecule has 0 spiro atoms. The standard InChI is InChI=1S/C14H27NO4/c1-2-11(5-8-16)9-15-10-14(19)6-3-12(4-7-14)13(17)18/h11-12,15-16,19H,2-10H2,1H3,(H,17,18). The van der Waals surface area contributed by atoms with Crippen molar-refractivity contribution in [2.24, 2.45) is 11.8 Å². The number of hydrogen-bond acceptors (Lipinski definition) is 4. The lowest BCUT2D eigenvalue weighted by atomic mass is 9.79. The molecule has 1 saturated carbocycles. The molecule has 1 unspecified atom stereocenters. The summed E-state index contributed by atoms with van der Waals surface area (Å²) < 4.78 is 0. The number of nitrogens with one attached hydrogen (secondary N) is 1. The van der Waals surface area contributed by atoms with E-state index in [1.54, 1.807) is 0 Å². The number of hydrogen-bond donors (Lipinski definition) is 4. The molecule has 0 aromatic carbocycles. The summed E-state index contributed by atoms with van der Waals surface area (Å²) in [7, 11) is 0. The first kappa shape index (κ1) is 16.4. The first-order valence-electron chi connectivity index (χ1n) is 7.27. The van der Waals surface area contributed by atoms with Crippen LogP contribution < -0.4 is 5.32 Å². The van der Waals surface area contributed by atoms with Crippen molar-refractivity contribution in [1.82, 2.24) is 5.32 Å². The normalized spacial score (nSPS) is 29.1. The number of aliphatic hydroxyl groups is 2. The van der Waals surface area contributed by atoms with Gasteiger partial charge in [0.05, 0.1) is 11.5 Å². The van der Waals surface area contributed by atoms with Crippen LogP contribution in [-0.4, -0.2) is 46.6 Å². The van der Waals surface area contributed by atoms with Crippen molar-refractivity contribution < 1.29 is 20.1 Å². The molecule has 5 heteroatoms. The molecule has 5 nitrogen and oxygen atoms in total. The number of aliphatic carboxylic acids is 1. The Morgan fingerprint density at radius 3 is 2.53 bits per heavy atom. The summed E-state index contributed by atoms with van der Waals surface area (Å²) in [5.74, 6) is -0.606. The van der Waals surface area contributed by atoms with E-state index in [1.807, 2.05) is 0 Å². The minimum atomic E-state index is -0.760. The summed E-state index contributed by atoms with van der Waals surface area (Å²) in [5, 5.41) is 31.5. The van der Waals surface area contributed by atoms with Crippen LogP contribution >= 0.6 is 0 Å². The fourth-order valence-corrected chi connectivity index (χ4v) is 2.72. The number of rotatable bonds is 8. The number of carboxylic acid groups (broad SMARTS) is 1. The summed E-state index contributed by atoms with van der Waals surface area (Å²) in [6, 6.07) is 0. The van der Waals surface area contributed by atoms with Gasteiger partial charge >= 0.3 is 5.97 Å². The Bertz CT molecular complexity index is 275. The Morgan fingerprint density at radius 1 is 1.42 bits per heavy atom. The van der Waals surface area contributed by atoms with E-state index >= 15 is 0 Å². The average Bonchev–Trinajstić information content (AvgIpc) is 2.38. The van der Waals surface area contributed by atoms with Crippen molar-refractivity contribution in [2.45, 2.75) is 51.0 Å². The summed E-state index contributed by atoms with van der Waals surface area (Å²) in [5.41, 5.74) is -0.760. The second kappa shape index (κ2) is 7.82. The van der Waals surface area contributed by atoms with Crippen LogP contribution in [0.3, 0.4) is 0 Å². The molecule has 1 atom stereocenters. The van der Waals surface area contributed by atoms with Crippen molar-refractivity contribution in [1.29, 1.82) is 0 Å². The smallest absolute Gasteiger partial charge is 0.306 e. The third-order valence-corrected chi connectivity index (χ3v) is 4.27. The van der Waals surface area contributed by atoms with Gasteiger partial charge in [0.15, 0.2) is 0 Å². The number of carboxylic acids is 1. The molecule has 1 fully saturated rings. The average molecular weight is 273 g/mol. The van der Waals surface area contributed by atoms with Crippen molar-refractivity contribution in [2.75, 3.05) is 19.7 Å². The zero-order chi connectivity index (χ0) is 14.3. The first-order chi connectivity index (χ1) is 9.00. The molecule has 19 heavy (non-hydrogen) atoms. The Kier molecular flexibility index (Phi) is 6.75. The predicted octanol–water partition coefficient (Wildman–Crippen LogP) is 0.990. The molecule has 0 aromatic rings. The van der Waals surface area contributed by atoms with Crippen LogP contribution in [-0.2, 0) is 4.79 Å². The maximum Gasteiger partial charge on any atom is 0.306 e. The molecule has 1 rings (SSSR count). The minimum absolute atomic E-state index is 0.199. The lowest BCUT2D eigenvalue weighted by Crippen LogP contribution is -2.45. The van der Waals surface area contributed by atoms with Crippen LogP contribution in [0.4, 0.5) is 0 Å². The van der Waals surface area contributed by atoms with E-state index in [9.17, 15) is 9.90 Å². The molecule has 0 radical (unpaired) electrons. The molecular formula is C14H27NO4. The van der Waals surface area contributed by atoms with Crippen molar-refractivity contribution >= 4 is 5.97 Å². The SMILES string of the molecule is CCC(CCO)CNCC1(O)CCC(C(=O)O)CC1. The van der Waals surface area contributed by atoms with Gasteiger partial charge in [-0.25, -0.2) is 0 Å². The van der Waals surface area contributed by atoms with E-state index in [1.165, 1.54) is 0 Å². The molecule has 1 aliphatic rings. The molecule has 0 aliphatic heterocycles. The summed E-state index contributed by atoms with van der Waals surface area (Å²) in [6.07, 6.45) is 4.00. The lowest BCUT2D eigenvalue weighted by Gasteiger charge is -2.35.